The summed E-state index contributed by atoms with van der Waals surface area (Å²) in [5, 5.41) is 3.37. The summed E-state index contributed by atoms with van der Waals surface area (Å²) in [6.07, 6.45) is 3.18. The van der Waals surface area contributed by atoms with Crippen LogP contribution in [0.25, 0.3) is 0 Å². The van der Waals surface area contributed by atoms with Crippen molar-refractivity contribution >= 4 is 5.91 Å². The van der Waals surface area contributed by atoms with E-state index in [4.69, 9.17) is 0 Å². The van der Waals surface area contributed by atoms with Crippen LogP contribution in [0.3, 0.4) is 0 Å². The Bertz CT molecular complexity index is 241. The summed E-state index contributed by atoms with van der Waals surface area (Å²) in [6, 6.07) is 0.971. The number of hydrogen-bond acceptors (Lipinski definition) is 2. The van der Waals surface area contributed by atoms with Crippen molar-refractivity contribution in [3.8, 4) is 0 Å². The molecule has 3 nitrogen and oxygen atoms in total. The van der Waals surface area contributed by atoms with Crippen LogP contribution in [-0.2, 0) is 4.79 Å². The van der Waals surface area contributed by atoms with Gasteiger partial charge in [0.1, 0.15) is 0 Å². The van der Waals surface area contributed by atoms with Crippen molar-refractivity contribution in [2.24, 2.45) is 5.41 Å². The highest BCUT2D eigenvalue weighted by molar-refractivity contribution is 5.76. The standard InChI is InChI=1S/C13H26N2O/c1-10(13(2,3)4)15(5)12(16)8-9-14-11-6-7-11/h10-11,14H,6-9H2,1-5H3. The van der Waals surface area contributed by atoms with E-state index >= 15 is 0 Å². The quantitative estimate of drug-likeness (QED) is 0.778. The lowest BCUT2D eigenvalue weighted by Crippen LogP contribution is -2.43. The molecule has 0 aromatic carbocycles. The summed E-state index contributed by atoms with van der Waals surface area (Å²) < 4.78 is 0. The van der Waals surface area contributed by atoms with Gasteiger partial charge in [0, 0.05) is 32.1 Å². The SMILES string of the molecule is CC(N(C)C(=O)CCNC1CC1)C(C)(C)C. The molecule has 0 aromatic rings. The van der Waals surface area contributed by atoms with Crippen LogP contribution in [-0.4, -0.2) is 36.5 Å². The number of amides is 1. The number of nitrogens with zero attached hydrogens (tertiary/aromatic N) is 1. The van der Waals surface area contributed by atoms with Gasteiger partial charge < -0.3 is 10.2 Å². The molecule has 3 heteroatoms. The predicted octanol–water partition coefficient (Wildman–Crippen LogP) is 2.02. The maximum absolute atomic E-state index is 11.9. The second kappa shape index (κ2) is 5.17. The van der Waals surface area contributed by atoms with E-state index < -0.39 is 0 Å². The molecule has 1 amide bonds. The van der Waals surface area contributed by atoms with Gasteiger partial charge in [-0.15, -0.1) is 0 Å². The molecule has 0 saturated heterocycles. The predicted molar refractivity (Wildman–Crippen MR) is 67.3 cm³/mol. The fraction of sp³-hybridized carbons (Fsp3) is 0.923. The average molecular weight is 226 g/mol. The minimum atomic E-state index is 0.147. The monoisotopic (exact) mass is 226 g/mol. The van der Waals surface area contributed by atoms with Gasteiger partial charge in [-0.2, -0.15) is 0 Å². The second-order valence-electron chi connectivity index (χ2n) is 6.03. The Morgan fingerprint density at radius 1 is 1.44 bits per heavy atom. The molecule has 0 heterocycles. The zero-order chi connectivity index (χ0) is 12.3. The zero-order valence-corrected chi connectivity index (χ0v) is 11.3. The van der Waals surface area contributed by atoms with Crippen molar-refractivity contribution in [2.75, 3.05) is 13.6 Å². The van der Waals surface area contributed by atoms with Crippen molar-refractivity contribution in [1.82, 2.24) is 10.2 Å². The van der Waals surface area contributed by atoms with Gasteiger partial charge in [-0.05, 0) is 25.2 Å². The first-order chi connectivity index (χ1) is 7.32. The van der Waals surface area contributed by atoms with E-state index in [9.17, 15) is 4.79 Å². The van der Waals surface area contributed by atoms with Crippen LogP contribution in [0.2, 0.25) is 0 Å². The second-order valence-corrected chi connectivity index (χ2v) is 6.03. The largest absolute Gasteiger partial charge is 0.342 e. The van der Waals surface area contributed by atoms with E-state index in [1.807, 2.05) is 11.9 Å². The van der Waals surface area contributed by atoms with Gasteiger partial charge in [0.15, 0.2) is 0 Å². The highest BCUT2D eigenvalue weighted by atomic mass is 16.2. The average Bonchev–Trinajstić information content (AvgIpc) is 2.97. The molecule has 0 bridgehead atoms. The summed E-state index contributed by atoms with van der Waals surface area (Å²) in [4.78, 5) is 13.8. The van der Waals surface area contributed by atoms with Crippen molar-refractivity contribution in [1.29, 1.82) is 0 Å². The van der Waals surface area contributed by atoms with E-state index in [2.05, 4.69) is 33.0 Å². The lowest BCUT2D eigenvalue weighted by atomic mass is 9.87. The van der Waals surface area contributed by atoms with E-state index in [1.165, 1.54) is 12.8 Å². The molecule has 94 valence electrons. The first-order valence-electron chi connectivity index (χ1n) is 6.31. The third-order valence-corrected chi connectivity index (χ3v) is 3.58. The molecule has 1 rings (SSSR count). The third kappa shape index (κ3) is 4.12. The van der Waals surface area contributed by atoms with Crippen molar-refractivity contribution in [2.45, 2.75) is 59.0 Å². The summed E-state index contributed by atoms with van der Waals surface area (Å²) >= 11 is 0. The van der Waals surface area contributed by atoms with E-state index in [1.54, 1.807) is 0 Å². The minimum absolute atomic E-state index is 0.147. The molecule has 0 aliphatic heterocycles. The molecule has 1 atom stereocenters. The lowest BCUT2D eigenvalue weighted by Gasteiger charge is -2.35. The van der Waals surface area contributed by atoms with Gasteiger partial charge in [0.2, 0.25) is 5.91 Å². The van der Waals surface area contributed by atoms with Crippen molar-refractivity contribution in [3.63, 3.8) is 0 Å². The summed E-state index contributed by atoms with van der Waals surface area (Å²) in [5.74, 6) is 0.246. The van der Waals surface area contributed by atoms with Crippen LogP contribution in [0.1, 0.15) is 47.0 Å². The Labute approximate surface area is 99.6 Å². The van der Waals surface area contributed by atoms with Crippen LogP contribution in [0, 0.1) is 5.41 Å². The van der Waals surface area contributed by atoms with Crippen molar-refractivity contribution in [3.05, 3.63) is 0 Å². The lowest BCUT2D eigenvalue weighted by molar-refractivity contribution is -0.133. The summed E-state index contributed by atoms with van der Waals surface area (Å²) in [6.45, 7) is 9.45. The first-order valence-corrected chi connectivity index (χ1v) is 6.31. The third-order valence-electron chi connectivity index (χ3n) is 3.58. The molecule has 0 radical (unpaired) electrons. The summed E-state index contributed by atoms with van der Waals surface area (Å²) in [7, 11) is 1.91. The smallest absolute Gasteiger partial charge is 0.223 e. The van der Waals surface area contributed by atoms with E-state index in [0.717, 1.165) is 6.54 Å². The Hall–Kier alpha value is -0.570. The molecular weight excluding hydrogens is 200 g/mol. The Morgan fingerprint density at radius 2 is 2.00 bits per heavy atom. The molecular formula is C13H26N2O. The fourth-order valence-electron chi connectivity index (χ4n) is 1.64. The van der Waals surface area contributed by atoms with Gasteiger partial charge >= 0.3 is 0 Å². The normalized spacial score (nSPS) is 18.3. The van der Waals surface area contributed by atoms with Crippen LogP contribution in [0.15, 0.2) is 0 Å². The van der Waals surface area contributed by atoms with Gasteiger partial charge in [-0.25, -0.2) is 0 Å². The summed E-state index contributed by atoms with van der Waals surface area (Å²) in [5.41, 5.74) is 0.147. The molecule has 1 aliphatic carbocycles. The molecule has 1 saturated carbocycles. The molecule has 1 unspecified atom stereocenters. The van der Waals surface area contributed by atoms with Crippen LogP contribution in [0.5, 0.6) is 0 Å². The highest BCUT2D eigenvalue weighted by Gasteiger charge is 2.27. The van der Waals surface area contributed by atoms with Gasteiger partial charge in [0.25, 0.3) is 0 Å². The van der Waals surface area contributed by atoms with Crippen LogP contribution < -0.4 is 5.32 Å². The molecule has 0 aromatic heterocycles. The van der Waals surface area contributed by atoms with Crippen molar-refractivity contribution < 1.29 is 4.79 Å². The minimum Gasteiger partial charge on any atom is -0.342 e. The molecule has 1 N–H and O–H groups in total. The molecule has 1 fully saturated rings. The van der Waals surface area contributed by atoms with Gasteiger partial charge in [-0.3, -0.25) is 4.79 Å². The number of hydrogen-bond donors (Lipinski definition) is 1. The number of carbonyl (C=O) groups excluding carboxylic acids is 1. The number of nitrogens with one attached hydrogen (secondary N) is 1. The van der Waals surface area contributed by atoms with E-state index in [-0.39, 0.29) is 17.4 Å². The topological polar surface area (TPSA) is 32.3 Å². The number of rotatable bonds is 5. The first kappa shape index (κ1) is 13.5. The molecule has 16 heavy (non-hydrogen) atoms. The van der Waals surface area contributed by atoms with Crippen LogP contribution >= 0.6 is 0 Å². The fourth-order valence-corrected chi connectivity index (χ4v) is 1.64. The Kier molecular flexibility index (Phi) is 4.36. The zero-order valence-electron chi connectivity index (χ0n) is 11.3. The number of carbonyl (C=O) groups is 1. The maximum Gasteiger partial charge on any atom is 0.223 e. The Balaban J connectivity index is 2.28. The molecule has 0 spiro atoms. The van der Waals surface area contributed by atoms with Gasteiger partial charge in [0.05, 0.1) is 0 Å². The highest BCUT2D eigenvalue weighted by Crippen LogP contribution is 2.23. The van der Waals surface area contributed by atoms with Gasteiger partial charge in [-0.1, -0.05) is 20.8 Å². The van der Waals surface area contributed by atoms with E-state index in [0.29, 0.717) is 12.5 Å². The molecule has 1 aliphatic rings. The maximum atomic E-state index is 11.9. The Morgan fingerprint density at radius 3 is 2.44 bits per heavy atom. The van der Waals surface area contributed by atoms with Crippen LogP contribution in [0.4, 0.5) is 0 Å².